The Bertz CT molecular complexity index is 720. The molecule has 1 aromatic carbocycles. The van der Waals surface area contributed by atoms with E-state index in [9.17, 15) is 4.79 Å². The first kappa shape index (κ1) is 24.5. The Kier molecular flexibility index (Phi) is 10.6. The molecule has 0 aliphatic carbocycles. The van der Waals surface area contributed by atoms with Gasteiger partial charge in [-0.15, -0.1) is 24.8 Å². The summed E-state index contributed by atoms with van der Waals surface area (Å²) in [5, 5.41) is 6.94. The van der Waals surface area contributed by atoms with Gasteiger partial charge in [0.05, 0.1) is 5.02 Å². The highest BCUT2D eigenvalue weighted by molar-refractivity contribution is 6.30. The van der Waals surface area contributed by atoms with Gasteiger partial charge >= 0.3 is 0 Å². The molecule has 0 spiro atoms. The molecule has 28 heavy (non-hydrogen) atoms. The predicted octanol–water partition coefficient (Wildman–Crippen LogP) is 5.34. The molecule has 1 aliphatic heterocycles. The van der Waals surface area contributed by atoms with Crippen molar-refractivity contribution in [1.82, 2.24) is 10.3 Å². The van der Waals surface area contributed by atoms with Crippen molar-refractivity contribution in [2.24, 2.45) is 11.8 Å². The molecule has 2 unspecified atom stereocenters. The van der Waals surface area contributed by atoms with Crippen molar-refractivity contribution in [3.8, 4) is 11.6 Å². The zero-order valence-electron chi connectivity index (χ0n) is 15.7. The number of aromatic nitrogens is 1. The highest BCUT2D eigenvalue weighted by Crippen LogP contribution is 2.24. The summed E-state index contributed by atoms with van der Waals surface area (Å²) in [5.74, 6) is 2.13. The summed E-state index contributed by atoms with van der Waals surface area (Å²) in [6.07, 6.45) is 4.47. The number of hydrogen-bond donors (Lipinski definition) is 2. The van der Waals surface area contributed by atoms with E-state index in [2.05, 4.69) is 22.5 Å². The Morgan fingerprint density at radius 3 is 2.64 bits per heavy atom. The van der Waals surface area contributed by atoms with E-state index in [1.165, 1.54) is 19.0 Å². The van der Waals surface area contributed by atoms with Gasteiger partial charge in [-0.05, 0) is 68.1 Å². The van der Waals surface area contributed by atoms with Gasteiger partial charge in [0.1, 0.15) is 5.75 Å². The zero-order chi connectivity index (χ0) is 18.4. The molecule has 1 saturated heterocycles. The number of benzene rings is 1. The zero-order valence-corrected chi connectivity index (χ0v) is 18.1. The SMILES string of the molecule is CC(CC(=O)Nc1ccc(Oc2ccc(Cl)cn2)cc1)C1CCCNC1.Cl.Cl. The molecule has 1 fully saturated rings. The number of rotatable bonds is 6. The molecule has 2 heterocycles. The molecular weight excluding hydrogens is 421 g/mol. The lowest BCUT2D eigenvalue weighted by Gasteiger charge is -2.28. The van der Waals surface area contributed by atoms with Gasteiger partial charge in [-0.3, -0.25) is 4.79 Å². The second-order valence-corrected chi connectivity index (χ2v) is 7.21. The van der Waals surface area contributed by atoms with Crippen LogP contribution in [-0.4, -0.2) is 24.0 Å². The van der Waals surface area contributed by atoms with Crippen LogP contribution in [0.4, 0.5) is 5.69 Å². The number of anilines is 1. The molecule has 0 radical (unpaired) electrons. The van der Waals surface area contributed by atoms with E-state index in [4.69, 9.17) is 16.3 Å². The van der Waals surface area contributed by atoms with Gasteiger partial charge in [-0.25, -0.2) is 4.98 Å². The third-order valence-corrected chi connectivity index (χ3v) is 4.93. The quantitative estimate of drug-likeness (QED) is 0.629. The minimum Gasteiger partial charge on any atom is -0.439 e. The molecule has 154 valence electrons. The number of nitrogens with one attached hydrogen (secondary N) is 2. The fourth-order valence-corrected chi connectivity index (χ4v) is 3.30. The topological polar surface area (TPSA) is 63.2 Å². The average Bonchev–Trinajstić information content (AvgIpc) is 2.66. The molecule has 2 aromatic rings. The molecular formula is C20H26Cl3N3O2. The largest absolute Gasteiger partial charge is 0.439 e. The van der Waals surface area contributed by atoms with Crippen molar-refractivity contribution < 1.29 is 9.53 Å². The van der Waals surface area contributed by atoms with Crippen molar-refractivity contribution in [2.45, 2.75) is 26.2 Å². The monoisotopic (exact) mass is 445 g/mol. The fraction of sp³-hybridized carbons (Fsp3) is 0.400. The van der Waals surface area contributed by atoms with E-state index >= 15 is 0 Å². The van der Waals surface area contributed by atoms with Gasteiger partial charge in [0, 0.05) is 24.4 Å². The third kappa shape index (κ3) is 7.47. The van der Waals surface area contributed by atoms with Gasteiger partial charge in [0.25, 0.3) is 0 Å². The number of piperidine rings is 1. The van der Waals surface area contributed by atoms with Gasteiger partial charge in [-0.1, -0.05) is 18.5 Å². The van der Waals surface area contributed by atoms with Crippen molar-refractivity contribution in [3.63, 3.8) is 0 Å². The van der Waals surface area contributed by atoms with E-state index in [0.717, 1.165) is 18.8 Å². The van der Waals surface area contributed by atoms with Gasteiger partial charge in [-0.2, -0.15) is 0 Å². The molecule has 3 rings (SSSR count). The van der Waals surface area contributed by atoms with Crippen LogP contribution in [0.25, 0.3) is 0 Å². The Morgan fingerprint density at radius 1 is 1.29 bits per heavy atom. The molecule has 1 aliphatic rings. The van der Waals surface area contributed by atoms with E-state index in [1.807, 2.05) is 12.1 Å². The predicted molar refractivity (Wildman–Crippen MR) is 118 cm³/mol. The minimum absolute atomic E-state index is 0. The van der Waals surface area contributed by atoms with Crippen molar-refractivity contribution >= 4 is 48.0 Å². The number of nitrogens with zero attached hydrogens (tertiary/aromatic N) is 1. The third-order valence-electron chi connectivity index (χ3n) is 4.71. The Hall–Kier alpha value is -1.53. The van der Waals surface area contributed by atoms with Crippen LogP contribution in [0.15, 0.2) is 42.6 Å². The second-order valence-electron chi connectivity index (χ2n) is 6.78. The van der Waals surface area contributed by atoms with Crippen molar-refractivity contribution in [1.29, 1.82) is 0 Å². The first-order valence-electron chi connectivity index (χ1n) is 9.00. The minimum atomic E-state index is 0. The highest BCUT2D eigenvalue weighted by atomic mass is 35.5. The Morgan fingerprint density at radius 2 is 2.04 bits per heavy atom. The number of ether oxygens (including phenoxy) is 1. The van der Waals surface area contributed by atoms with Crippen LogP contribution in [0, 0.1) is 11.8 Å². The van der Waals surface area contributed by atoms with E-state index in [0.29, 0.717) is 34.9 Å². The summed E-state index contributed by atoms with van der Waals surface area (Å²) in [4.78, 5) is 16.4. The van der Waals surface area contributed by atoms with Crippen LogP contribution >= 0.6 is 36.4 Å². The van der Waals surface area contributed by atoms with Gasteiger partial charge in [0.15, 0.2) is 0 Å². The molecule has 1 aromatic heterocycles. The summed E-state index contributed by atoms with van der Waals surface area (Å²) < 4.78 is 5.65. The summed E-state index contributed by atoms with van der Waals surface area (Å²) in [5.41, 5.74) is 0.764. The van der Waals surface area contributed by atoms with E-state index < -0.39 is 0 Å². The average molecular weight is 447 g/mol. The smallest absolute Gasteiger partial charge is 0.224 e. The number of carbonyl (C=O) groups excluding carboxylic acids is 1. The van der Waals surface area contributed by atoms with Gasteiger partial charge < -0.3 is 15.4 Å². The second kappa shape index (κ2) is 12.1. The lowest BCUT2D eigenvalue weighted by atomic mass is 9.85. The fourth-order valence-electron chi connectivity index (χ4n) is 3.19. The molecule has 1 amide bonds. The highest BCUT2D eigenvalue weighted by Gasteiger charge is 2.22. The maximum absolute atomic E-state index is 12.3. The molecule has 0 bridgehead atoms. The number of hydrogen-bond acceptors (Lipinski definition) is 4. The van der Waals surface area contributed by atoms with E-state index in [1.54, 1.807) is 24.3 Å². The van der Waals surface area contributed by atoms with Crippen LogP contribution in [0.2, 0.25) is 5.02 Å². The maximum atomic E-state index is 12.3. The van der Waals surface area contributed by atoms with E-state index in [-0.39, 0.29) is 30.7 Å². The summed E-state index contributed by atoms with van der Waals surface area (Å²) in [7, 11) is 0. The summed E-state index contributed by atoms with van der Waals surface area (Å²) in [6, 6.07) is 10.7. The molecule has 0 saturated carbocycles. The lowest BCUT2D eigenvalue weighted by Crippen LogP contribution is -2.34. The van der Waals surface area contributed by atoms with Crippen LogP contribution in [0.1, 0.15) is 26.2 Å². The number of carbonyl (C=O) groups is 1. The summed E-state index contributed by atoms with van der Waals surface area (Å²) in [6.45, 7) is 4.27. The Labute approximate surface area is 183 Å². The molecule has 2 N–H and O–H groups in total. The molecule has 2 atom stereocenters. The van der Waals surface area contributed by atoms with Gasteiger partial charge in [0.2, 0.25) is 11.8 Å². The lowest BCUT2D eigenvalue weighted by molar-refractivity contribution is -0.117. The number of amides is 1. The first-order chi connectivity index (χ1) is 12.6. The number of halogens is 3. The van der Waals surface area contributed by atoms with Crippen molar-refractivity contribution in [2.75, 3.05) is 18.4 Å². The molecule has 8 heteroatoms. The normalized spacial score (nSPS) is 16.9. The van der Waals surface area contributed by atoms with Crippen molar-refractivity contribution in [3.05, 3.63) is 47.6 Å². The van der Waals surface area contributed by atoms with Crippen LogP contribution in [-0.2, 0) is 4.79 Å². The molecule has 5 nitrogen and oxygen atoms in total. The maximum Gasteiger partial charge on any atom is 0.224 e. The van der Waals surface area contributed by atoms with Crippen LogP contribution in [0.3, 0.4) is 0 Å². The first-order valence-corrected chi connectivity index (χ1v) is 9.38. The Balaban J connectivity index is 0.00000196. The van der Waals surface area contributed by atoms with Crippen LogP contribution in [0.5, 0.6) is 11.6 Å². The summed E-state index contributed by atoms with van der Waals surface area (Å²) >= 11 is 5.81. The van der Waals surface area contributed by atoms with Crippen LogP contribution < -0.4 is 15.4 Å². The number of pyridine rings is 1. The standard InChI is InChI=1S/C20H24ClN3O2.2ClH/c1-14(15-3-2-10-22-12-15)11-19(25)24-17-5-7-18(8-6-17)26-20-9-4-16(21)13-23-20;;/h4-9,13-15,22H,2-3,10-12H2,1H3,(H,24,25);2*1H.